The molecule has 168 valence electrons. The van der Waals surface area contributed by atoms with Crippen molar-refractivity contribution >= 4 is 23.1 Å². The molecule has 0 aliphatic carbocycles. The molecule has 0 bridgehead atoms. The second kappa shape index (κ2) is 8.78. The van der Waals surface area contributed by atoms with E-state index in [0.29, 0.717) is 11.3 Å². The van der Waals surface area contributed by atoms with E-state index in [0.717, 1.165) is 5.56 Å². The molecule has 1 N–H and O–H groups in total. The number of Topliss-reactive ketones (excluding diaryl/α,β-unsaturated/α-hetero) is 1. The third-order valence-corrected chi connectivity index (χ3v) is 5.61. The number of methoxy groups -OCH3 is 2. The number of benzene rings is 3. The Morgan fingerprint density at radius 3 is 2.03 bits per heavy atom. The van der Waals surface area contributed by atoms with Crippen LogP contribution >= 0.6 is 0 Å². The van der Waals surface area contributed by atoms with Crippen LogP contribution in [-0.4, -0.2) is 31.0 Å². The van der Waals surface area contributed by atoms with Gasteiger partial charge in [0.15, 0.2) is 0 Å². The van der Waals surface area contributed by atoms with Crippen LogP contribution in [0.25, 0.3) is 5.76 Å². The van der Waals surface area contributed by atoms with Crippen LogP contribution in [0.4, 0.5) is 10.1 Å². The van der Waals surface area contributed by atoms with Crippen molar-refractivity contribution in [1.82, 2.24) is 0 Å². The molecule has 33 heavy (non-hydrogen) atoms. The van der Waals surface area contributed by atoms with E-state index in [-0.39, 0.29) is 22.6 Å². The second-order valence-corrected chi connectivity index (χ2v) is 7.59. The Morgan fingerprint density at radius 2 is 1.48 bits per heavy atom. The van der Waals surface area contributed by atoms with Gasteiger partial charge in [0.25, 0.3) is 11.7 Å². The lowest BCUT2D eigenvalue weighted by Gasteiger charge is -2.26. The fourth-order valence-electron chi connectivity index (χ4n) is 3.98. The summed E-state index contributed by atoms with van der Waals surface area (Å²) >= 11 is 0. The summed E-state index contributed by atoms with van der Waals surface area (Å²) in [5.41, 5.74) is 1.92. The van der Waals surface area contributed by atoms with E-state index in [1.165, 1.54) is 43.4 Å². The molecule has 1 atom stereocenters. The Kier molecular flexibility index (Phi) is 5.87. The van der Waals surface area contributed by atoms with Crippen molar-refractivity contribution in [1.29, 1.82) is 0 Å². The van der Waals surface area contributed by atoms with E-state index >= 15 is 0 Å². The SMILES string of the molecule is COc1cccc(OC)c1/C(O)=C1\C(=O)C(=O)N(c2ccc(C)cc2)C1c1ccc(F)cc1. The number of carbonyl (C=O) groups excluding carboxylic acids is 2. The van der Waals surface area contributed by atoms with Gasteiger partial charge in [-0.25, -0.2) is 4.39 Å². The van der Waals surface area contributed by atoms with Gasteiger partial charge < -0.3 is 14.6 Å². The van der Waals surface area contributed by atoms with Crippen molar-refractivity contribution < 1.29 is 28.6 Å². The fraction of sp³-hybridized carbons (Fsp3) is 0.154. The minimum Gasteiger partial charge on any atom is -0.506 e. The van der Waals surface area contributed by atoms with Gasteiger partial charge in [-0.1, -0.05) is 35.9 Å². The molecular formula is C26H22FNO5. The summed E-state index contributed by atoms with van der Waals surface area (Å²) in [7, 11) is 2.85. The molecule has 0 saturated carbocycles. The smallest absolute Gasteiger partial charge is 0.300 e. The van der Waals surface area contributed by atoms with Crippen molar-refractivity contribution in [2.24, 2.45) is 0 Å². The van der Waals surface area contributed by atoms with Crippen molar-refractivity contribution in [3.05, 3.63) is 94.8 Å². The maximum Gasteiger partial charge on any atom is 0.300 e. The standard InChI is InChI=1S/C26H22FNO5/c1-15-7-13-18(14-8-15)28-23(16-9-11-17(27)12-10-16)22(25(30)26(28)31)24(29)21-19(32-2)5-4-6-20(21)33-3/h4-14,23,29H,1-3H3/b24-22+. The van der Waals surface area contributed by atoms with Crippen molar-refractivity contribution in [2.75, 3.05) is 19.1 Å². The molecule has 1 aliphatic heterocycles. The number of hydrogen-bond donors (Lipinski definition) is 1. The van der Waals surface area contributed by atoms with Gasteiger partial charge in [0.05, 0.1) is 25.8 Å². The Morgan fingerprint density at radius 1 is 0.909 bits per heavy atom. The highest BCUT2D eigenvalue weighted by Gasteiger charge is 2.47. The summed E-state index contributed by atoms with van der Waals surface area (Å²) in [6.45, 7) is 1.91. The lowest BCUT2D eigenvalue weighted by Crippen LogP contribution is -2.29. The number of aliphatic hydroxyl groups excluding tert-OH is 1. The highest BCUT2D eigenvalue weighted by Crippen LogP contribution is 2.45. The van der Waals surface area contributed by atoms with Crippen molar-refractivity contribution in [3.8, 4) is 11.5 Å². The second-order valence-electron chi connectivity index (χ2n) is 7.59. The average molecular weight is 447 g/mol. The Bertz CT molecular complexity index is 1230. The number of ether oxygens (including phenoxy) is 2. The van der Waals surface area contributed by atoms with Gasteiger partial charge in [0.2, 0.25) is 0 Å². The molecule has 3 aromatic rings. The number of hydrogen-bond acceptors (Lipinski definition) is 5. The van der Waals surface area contributed by atoms with Gasteiger partial charge in [-0.05, 0) is 48.9 Å². The number of ketones is 1. The highest BCUT2D eigenvalue weighted by atomic mass is 19.1. The summed E-state index contributed by atoms with van der Waals surface area (Å²) in [5.74, 6) is -2.03. The summed E-state index contributed by atoms with van der Waals surface area (Å²) < 4.78 is 24.4. The van der Waals surface area contributed by atoms with E-state index < -0.39 is 29.3 Å². The molecule has 3 aromatic carbocycles. The minimum absolute atomic E-state index is 0.144. The molecule has 1 saturated heterocycles. The number of halogens is 1. The molecule has 1 amide bonds. The summed E-state index contributed by atoms with van der Waals surface area (Å²) in [6, 6.07) is 16.5. The molecule has 1 fully saturated rings. The van der Waals surface area contributed by atoms with Gasteiger partial charge in [-0.2, -0.15) is 0 Å². The molecule has 1 heterocycles. The fourth-order valence-corrected chi connectivity index (χ4v) is 3.98. The van der Waals surface area contributed by atoms with E-state index in [2.05, 4.69) is 0 Å². The Balaban J connectivity index is 2.00. The van der Waals surface area contributed by atoms with Gasteiger partial charge >= 0.3 is 0 Å². The largest absolute Gasteiger partial charge is 0.506 e. The van der Waals surface area contributed by atoms with Crippen molar-refractivity contribution in [3.63, 3.8) is 0 Å². The molecule has 0 spiro atoms. The molecule has 4 rings (SSSR count). The molecule has 0 aromatic heterocycles. The zero-order valence-electron chi connectivity index (χ0n) is 18.3. The first-order valence-electron chi connectivity index (χ1n) is 10.2. The predicted molar refractivity (Wildman–Crippen MR) is 122 cm³/mol. The van der Waals surface area contributed by atoms with Gasteiger partial charge in [-0.15, -0.1) is 0 Å². The van der Waals surface area contributed by atoms with Crippen LogP contribution in [0.2, 0.25) is 0 Å². The van der Waals surface area contributed by atoms with Gasteiger partial charge in [-0.3, -0.25) is 14.5 Å². The van der Waals surface area contributed by atoms with Crippen molar-refractivity contribution in [2.45, 2.75) is 13.0 Å². The lowest BCUT2D eigenvalue weighted by atomic mass is 9.94. The first kappa shape index (κ1) is 22.1. The number of nitrogens with zero attached hydrogens (tertiary/aromatic N) is 1. The van der Waals surface area contributed by atoms with E-state index in [4.69, 9.17) is 9.47 Å². The highest BCUT2D eigenvalue weighted by molar-refractivity contribution is 6.51. The number of anilines is 1. The number of carbonyl (C=O) groups is 2. The molecule has 6 nitrogen and oxygen atoms in total. The average Bonchev–Trinajstić information content (AvgIpc) is 3.09. The van der Waals surface area contributed by atoms with Gasteiger partial charge in [0.1, 0.15) is 28.6 Å². The van der Waals surface area contributed by atoms with Crippen LogP contribution in [0.3, 0.4) is 0 Å². The number of aliphatic hydroxyl groups is 1. The van der Waals surface area contributed by atoms with E-state index in [1.807, 2.05) is 19.1 Å². The molecular weight excluding hydrogens is 425 g/mol. The van der Waals surface area contributed by atoms with Crippen LogP contribution in [0.1, 0.15) is 22.7 Å². The monoisotopic (exact) mass is 447 g/mol. The molecule has 0 radical (unpaired) electrons. The summed E-state index contributed by atoms with van der Waals surface area (Å²) in [6.07, 6.45) is 0. The third-order valence-electron chi connectivity index (χ3n) is 5.61. The maximum absolute atomic E-state index is 13.7. The van der Waals surface area contributed by atoms with Crippen LogP contribution in [0.5, 0.6) is 11.5 Å². The predicted octanol–water partition coefficient (Wildman–Crippen LogP) is 4.78. The first-order chi connectivity index (χ1) is 15.9. The lowest BCUT2D eigenvalue weighted by molar-refractivity contribution is -0.132. The quantitative estimate of drug-likeness (QED) is 0.346. The number of rotatable bonds is 5. The van der Waals surface area contributed by atoms with E-state index in [1.54, 1.807) is 30.3 Å². The van der Waals surface area contributed by atoms with Crippen LogP contribution in [0.15, 0.2) is 72.3 Å². The summed E-state index contributed by atoms with van der Waals surface area (Å²) in [5, 5.41) is 11.4. The van der Waals surface area contributed by atoms with Crippen LogP contribution in [-0.2, 0) is 9.59 Å². The summed E-state index contributed by atoms with van der Waals surface area (Å²) in [4.78, 5) is 27.8. The molecule has 7 heteroatoms. The van der Waals surface area contributed by atoms with E-state index in [9.17, 15) is 19.1 Å². The first-order valence-corrected chi connectivity index (χ1v) is 10.2. The van der Waals surface area contributed by atoms with Gasteiger partial charge in [0, 0.05) is 5.69 Å². The maximum atomic E-state index is 13.7. The molecule has 1 unspecified atom stereocenters. The topological polar surface area (TPSA) is 76.1 Å². The zero-order chi connectivity index (χ0) is 23.7. The zero-order valence-corrected chi connectivity index (χ0v) is 18.3. The Hall–Kier alpha value is -4.13. The van der Waals surface area contributed by atoms with Crippen LogP contribution in [0, 0.1) is 12.7 Å². The third kappa shape index (κ3) is 3.82. The number of aryl methyl sites for hydroxylation is 1. The minimum atomic E-state index is -0.983. The van der Waals surface area contributed by atoms with Crippen LogP contribution < -0.4 is 14.4 Å². The Labute approximate surface area is 190 Å². The number of amides is 1. The normalized spacial score (nSPS) is 17.3. The molecule has 1 aliphatic rings.